The van der Waals surface area contributed by atoms with Crippen molar-refractivity contribution >= 4 is 27.4 Å². The van der Waals surface area contributed by atoms with Gasteiger partial charge in [0.2, 0.25) is 0 Å². The third-order valence-corrected chi connectivity index (χ3v) is 5.82. The Morgan fingerprint density at radius 2 is 1.42 bits per heavy atom. The summed E-state index contributed by atoms with van der Waals surface area (Å²) in [5, 5.41) is 2.76. The minimum Gasteiger partial charge on any atom is -0.493 e. The molecule has 0 spiro atoms. The van der Waals surface area contributed by atoms with Gasteiger partial charge in [0, 0.05) is 24.9 Å². The van der Waals surface area contributed by atoms with E-state index in [0.29, 0.717) is 17.0 Å². The molecular weight excluding hydrogens is 390 g/mol. The zero-order chi connectivity index (χ0) is 22.4. The van der Waals surface area contributed by atoms with Crippen LogP contribution < -0.4 is 20.7 Å². The van der Waals surface area contributed by atoms with E-state index in [1.807, 2.05) is 24.3 Å². The molecule has 0 bridgehead atoms. The van der Waals surface area contributed by atoms with E-state index in [-0.39, 0.29) is 5.69 Å². The van der Waals surface area contributed by atoms with Gasteiger partial charge in [-0.2, -0.15) is 0 Å². The third-order valence-electron chi connectivity index (χ3n) is 5.82. The van der Waals surface area contributed by atoms with Crippen molar-refractivity contribution in [2.24, 2.45) is 19.1 Å². The van der Waals surface area contributed by atoms with Crippen molar-refractivity contribution in [3.05, 3.63) is 69.1 Å². The van der Waals surface area contributed by atoms with Crippen LogP contribution in [0.4, 0.5) is 5.69 Å². The topological polar surface area (TPSA) is 57.8 Å². The first-order valence-electron chi connectivity index (χ1n) is 10.1. The number of rotatable bonds is 3. The fourth-order valence-corrected chi connectivity index (χ4v) is 4.36. The molecular formula is C25H27N3O3. The van der Waals surface area contributed by atoms with Crippen LogP contribution in [0.3, 0.4) is 0 Å². The summed E-state index contributed by atoms with van der Waals surface area (Å²) in [4.78, 5) is 18.1. The first-order valence-corrected chi connectivity index (χ1v) is 10.1. The van der Waals surface area contributed by atoms with Crippen LogP contribution in [0.15, 0.2) is 46.2 Å². The highest BCUT2D eigenvalue weighted by Gasteiger charge is 2.14. The predicted octanol–water partition coefficient (Wildman–Crippen LogP) is 4.21. The number of nitrogens with zero attached hydrogens (tertiary/aromatic N) is 3. The maximum atomic E-state index is 13.1. The molecule has 0 unspecified atom stereocenters. The van der Waals surface area contributed by atoms with Gasteiger partial charge in [-0.15, -0.1) is 0 Å². The summed E-state index contributed by atoms with van der Waals surface area (Å²) in [5.74, 6) is 1.27. The Balaban J connectivity index is 2.20. The lowest BCUT2D eigenvalue weighted by Gasteiger charge is -2.15. The number of aryl methyl sites for hydroxylation is 4. The number of benzene rings is 3. The summed E-state index contributed by atoms with van der Waals surface area (Å²) in [6, 6.07) is 12.1. The van der Waals surface area contributed by atoms with Crippen LogP contribution in [0, 0.1) is 20.8 Å². The van der Waals surface area contributed by atoms with Gasteiger partial charge in [-0.3, -0.25) is 9.13 Å². The van der Waals surface area contributed by atoms with Crippen molar-refractivity contribution in [3.8, 4) is 11.5 Å². The van der Waals surface area contributed by atoms with Gasteiger partial charge >= 0.3 is 5.69 Å². The van der Waals surface area contributed by atoms with E-state index in [1.54, 1.807) is 37.4 Å². The first kappa shape index (κ1) is 20.7. The molecule has 6 heteroatoms. The Morgan fingerprint density at radius 3 is 2.03 bits per heavy atom. The Labute approximate surface area is 181 Å². The van der Waals surface area contributed by atoms with Crippen LogP contribution in [-0.4, -0.2) is 23.4 Å². The lowest BCUT2D eigenvalue weighted by atomic mass is 10.0. The number of hydrogen-bond donors (Lipinski definition) is 0. The second-order valence-electron chi connectivity index (χ2n) is 7.97. The zero-order valence-electron chi connectivity index (χ0n) is 19.0. The van der Waals surface area contributed by atoms with E-state index >= 15 is 0 Å². The molecule has 160 valence electrons. The monoisotopic (exact) mass is 417 g/mol. The van der Waals surface area contributed by atoms with E-state index in [1.165, 1.54) is 5.56 Å². The first-order chi connectivity index (χ1) is 14.8. The number of aromatic nitrogens is 2. The molecule has 0 aliphatic heterocycles. The second-order valence-corrected chi connectivity index (χ2v) is 7.97. The fourth-order valence-electron chi connectivity index (χ4n) is 4.36. The standard InChI is InChI=1S/C25H27N3O3/c1-14-10-15(2)22(16(3)11-14)26-24-18-9-8-17-12-20(30-6)21(31-7)13-19(17)23(18)27(4)25(29)28(24)5/h8-13H,1-7H3. The van der Waals surface area contributed by atoms with Crippen molar-refractivity contribution in [1.82, 2.24) is 9.13 Å². The SMILES string of the molecule is COc1cc2ccc3c(=Nc4c(C)cc(C)cc4C)n(C)c(=O)n(C)c3c2cc1OC. The predicted molar refractivity (Wildman–Crippen MR) is 125 cm³/mol. The maximum Gasteiger partial charge on any atom is 0.329 e. The van der Waals surface area contributed by atoms with Crippen molar-refractivity contribution in [2.75, 3.05) is 14.2 Å². The fraction of sp³-hybridized carbons (Fsp3) is 0.280. The highest BCUT2D eigenvalue weighted by atomic mass is 16.5. The van der Waals surface area contributed by atoms with Gasteiger partial charge in [0.15, 0.2) is 11.5 Å². The Bertz CT molecular complexity index is 1450. The van der Waals surface area contributed by atoms with E-state index in [0.717, 1.165) is 38.5 Å². The molecule has 0 saturated heterocycles. The minimum atomic E-state index is -0.143. The molecule has 0 saturated carbocycles. The number of ether oxygens (including phenoxy) is 2. The van der Waals surface area contributed by atoms with Crippen LogP contribution in [0.5, 0.6) is 11.5 Å². The Morgan fingerprint density at radius 1 is 0.806 bits per heavy atom. The smallest absolute Gasteiger partial charge is 0.329 e. The van der Waals surface area contributed by atoms with Crippen molar-refractivity contribution < 1.29 is 9.47 Å². The van der Waals surface area contributed by atoms with Crippen molar-refractivity contribution in [3.63, 3.8) is 0 Å². The molecule has 4 rings (SSSR count). The van der Waals surface area contributed by atoms with Gasteiger partial charge in [-0.1, -0.05) is 23.8 Å². The van der Waals surface area contributed by atoms with E-state index in [4.69, 9.17) is 14.5 Å². The highest BCUT2D eigenvalue weighted by molar-refractivity contribution is 6.06. The lowest BCUT2D eigenvalue weighted by Crippen LogP contribution is -2.37. The zero-order valence-corrected chi connectivity index (χ0v) is 19.0. The average molecular weight is 418 g/mol. The molecule has 1 heterocycles. The van der Waals surface area contributed by atoms with Crippen LogP contribution in [-0.2, 0) is 14.1 Å². The number of hydrogen-bond acceptors (Lipinski definition) is 4. The van der Waals surface area contributed by atoms with E-state index in [2.05, 4.69) is 32.9 Å². The molecule has 0 amide bonds. The molecule has 0 aliphatic rings. The molecule has 6 nitrogen and oxygen atoms in total. The van der Waals surface area contributed by atoms with Crippen molar-refractivity contribution in [2.45, 2.75) is 20.8 Å². The Kier molecular flexibility index (Phi) is 5.09. The quantitative estimate of drug-likeness (QED) is 0.469. The summed E-state index contributed by atoms with van der Waals surface area (Å²) in [6.07, 6.45) is 0. The molecule has 3 aromatic carbocycles. The summed E-state index contributed by atoms with van der Waals surface area (Å²) < 4.78 is 14.2. The number of fused-ring (bicyclic) bond motifs is 3. The van der Waals surface area contributed by atoms with Crippen molar-refractivity contribution in [1.29, 1.82) is 0 Å². The molecule has 0 N–H and O–H groups in total. The van der Waals surface area contributed by atoms with Crippen LogP contribution in [0.1, 0.15) is 16.7 Å². The molecule has 4 aromatic rings. The highest BCUT2D eigenvalue weighted by Crippen LogP contribution is 2.35. The van der Waals surface area contributed by atoms with Crippen LogP contribution >= 0.6 is 0 Å². The van der Waals surface area contributed by atoms with Crippen LogP contribution in [0.2, 0.25) is 0 Å². The van der Waals surface area contributed by atoms with Crippen LogP contribution in [0.25, 0.3) is 21.7 Å². The third kappa shape index (κ3) is 3.28. The molecule has 0 fully saturated rings. The summed E-state index contributed by atoms with van der Waals surface area (Å²) in [5.41, 5.74) is 5.54. The average Bonchev–Trinajstić information content (AvgIpc) is 2.74. The molecule has 31 heavy (non-hydrogen) atoms. The summed E-state index contributed by atoms with van der Waals surface area (Å²) in [7, 11) is 6.77. The van der Waals surface area contributed by atoms with Gasteiger partial charge in [0.1, 0.15) is 5.49 Å². The van der Waals surface area contributed by atoms with E-state index < -0.39 is 0 Å². The van der Waals surface area contributed by atoms with E-state index in [9.17, 15) is 4.79 Å². The lowest BCUT2D eigenvalue weighted by molar-refractivity contribution is 0.356. The minimum absolute atomic E-state index is 0.143. The molecule has 0 atom stereocenters. The Hall–Kier alpha value is -3.54. The molecule has 1 aromatic heterocycles. The van der Waals surface area contributed by atoms with Gasteiger partial charge in [0.25, 0.3) is 0 Å². The molecule has 0 radical (unpaired) electrons. The van der Waals surface area contributed by atoms with Gasteiger partial charge in [-0.05, 0) is 55.5 Å². The van der Waals surface area contributed by atoms with Gasteiger partial charge < -0.3 is 9.47 Å². The van der Waals surface area contributed by atoms with Gasteiger partial charge in [-0.25, -0.2) is 9.79 Å². The normalized spacial score (nSPS) is 12.0. The summed E-state index contributed by atoms with van der Waals surface area (Å²) in [6.45, 7) is 6.18. The maximum absolute atomic E-state index is 13.1. The van der Waals surface area contributed by atoms with Gasteiger partial charge in [0.05, 0.1) is 25.4 Å². The summed E-state index contributed by atoms with van der Waals surface area (Å²) >= 11 is 0. The largest absolute Gasteiger partial charge is 0.493 e. The molecule has 0 aliphatic carbocycles. The number of methoxy groups -OCH3 is 2. The second kappa shape index (κ2) is 7.61.